The van der Waals surface area contributed by atoms with E-state index in [0.717, 1.165) is 16.9 Å². The molecule has 8 heteroatoms. The molecule has 1 N–H and O–H groups in total. The summed E-state index contributed by atoms with van der Waals surface area (Å²) in [5, 5.41) is 13.9. The average molecular weight is 353 g/mol. The predicted molar refractivity (Wildman–Crippen MR) is 91.4 cm³/mol. The zero-order chi connectivity index (χ0) is 17.0. The van der Waals surface area contributed by atoms with Gasteiger partial charge in [0.1, 0.15) is 5.75 Å². The number of carbonyl (C=O) groups excluding carboxylic acids is 1. The van der Waals surface area contributed by atoms with Gasteiger partial charge in [-0.05, 0) is 30.7 Å². The van der Waals surface area contributed by atoms with Crippen molar-refractivity contribution < 1.29 is 14.5 Å². The van der Waals surface area contributed by atoms with E-state index in [1.807, 2.05) is 6.92 Å². The van der Waals surface area contributed by atoms with Gasteiger partial charge in [0.2, 0.25) is 5.91 Å². The number of carbonyl (C=O) groups is 1. The van der Waals surface area contributed by atoms with Crippen molar-refractivity contribution >= 4 is 45.6 Å². The van der Waals surface area contributed by atoms with Gasteiger partial charge < -0.3 is 10.1 Å². The molecule has 0 radical (unpaired) electrons. The van der Waals surface area contributed by atoms with Crippen LogP contribution in [0.1, 0.15) is 10.4 Å². The maximum absolute atomic E-state index is 12.0. The van der Waals surface area contributed by atoms with E-state index in [9.17, 15) is 14.9 Å². The van der Waals surface area contributed by atoms with Gasteiger partial charge in [0, 0.05) is 28.1 Å². The number of ether oxygens (including phenoxy) is 1. The Kier molecular flexibility index (Phi) is 5.36. The summed E-state index contributed by atoms with van der Waals surface area (Å²) >= 11 is 7.00. The van der Waals surface area contributed by atoms with Crippen molar-refractivity contribution in [1.82, 2.24) is 0 Å². The van der Waals surface area contributed by atoms with Crippen LogP contribution in [-0.2, 0) is 4.79 Å². The molecular formula is C15H13ClN2O4S. The number of anilines is 1. The molecule has 23 heavy (non-hydrogen) atoms. The van der Waals surface area contributed by atoms with Crippen LogP contribution in [0.25, 0.3) is 6.08 Å². The zero-order valence-electron chi connectivity index (χ0n) is 12.3. The summed E-state index contributed by atoms with van der Waals surface area (Å²) in [5.74, 6) is 0.0789. The summed E-state index contributed by atoms with van der Waals surface area (Å²) in [6, 6.07) is 6.31. The smallest absolute Gasteiger partial charge is 0.324 e. The number of benzene rings is 1. The van der Waals surface area contributed by atoms with Gasteiger partial charge in [-0.2, -0.15) is 0 Å². The molecule has 0 aliphatic rings. The molecule has 120 valence electrons. The van der Waals surface area contributed by atoms with Crippen molar-refractivity contribution in [2.75, 3.05) is 12.4 Å². The first-order valence-corrected chi connectivity index (χ1v) is 7.67. The predicted octanol–water partition coefficient (Wildman–Crippen LogP) is 4.28. The molecular weight excluding hydrogens is 340 g/mol. The minimum absolute atomic E-state index is 0.0278. The molecule has 1 amide bonds. The van der Waals surface area contributed by atoms with E-state index in [0.29, 0.717) is 21.3 Å². The molecule has 0 fully saturated rings. The van der Waals surface area contributed by atoms with Crippen LogP contribution in [0.5, 0.6) is 5.75 Å². The summed E-state index contributed by atoms with van der Waals surface area (Å²) in [6.45, 7) is 1.82. The van der Waals surface area contributed by atoms with Gasteiger partial charge in [-0.1, -0.05) is 22.9 Å². The summed E-state index contributed by atoms with van der Waals surface area (Å²) in [7, 11) is 1.48. The highest BCUT2D eigenvalue weighted by Gasteiger charge is 2.10. The first-order chi connectivity index (χ1) is 10.9. The quantitative estimate of drug-likeness (QED) is 0.494. The normalized spacial score (nSPS) is 10.7. The standard InChI is InChI=1S/C15H13ClN2O4S/c1-9-7-12(13(22-2)8-11(9)16)17-14(19)5-3-10-4-6-15(23-10)18(20)21/h3-8H,1-2H3,(H,17,19)/b5-3+. The second-order valence-electron chi connectivity index (χ2n) is 4.56. The lowest BCUT2D eigenvalue weighted by Gasteiger charge is -2.11. The lowest BCUT2D eigenvalue weighted by atomic mass is 10.2. The number of methoxy groups -OCH3 is 1. The van der Waals surface area contributed by atoms with Crippen LogP contribution < -0.4 is 10.1 Å². The Morgan fingerprint density at radius 2 is 2.17 bits per heavy atom. The van der Waals surface area contributed by atoms with Crippen LogP contribution in [-0.4, -0.2) is 17.9 Å². The fraction of sp³-hybridized carbons (Fsp3) is 0.133. The second-order valence-corrected chi connectivity index (χ2v) is 6.06. The molecule has 2 rings (SSSR count). The molecule has 0 atom stereocenters. The Morgan fingerprint density at radius 1 is 1.43 bits per heavy atom. The van der Waals surface area contributed by atoms with Gasteiger partial charge in [-0.3, -0.25) is 14.9 Å². The molecule has 0 saturated heterocycles. The van der Waals surface area contributed by atoms with Crippen molar-refractivity contribution in [3.63, 3.8) is 0 Å². The van der Waals surface area contributed by atoms with E-state index in [2.05, 4.69) is 5.32 Å². The number of nitro groups is 1. The highest BCUT2D eigenvalue weighted by atomic mass is 35.5. The number of nitrogens with zero attached hydrogens (tertiary/aromatic N) is 1. The molecule has 0 saturated carbocycles. The first-order valence-electron chi connectivity index (χ1n) is 6.48. The molecule has 0 spiro atoms. The lowest BCUT2D eigenvalue weighted by molar-refractivity contribution is -0.380. The van der Waals surface area contributed by atoms with Crippen LogP contribution in [0.3, 0.4) is 0 Å². The maximum atomic E-state index is 12.0. The Labute approximate surface area is 141 Å². The van der Waals surface area contributed by atoms with Gasteiger partial charge in [0.25, 0.3) is 0 Å². The van der Waals surface area contributed by atoms with Crippen molar-refractivity contribution in [3.05, 3.63) is 55.9 Å². The van der Waals surface area contributed by atoms with E-state index in [1.165, 1.54) is 25.3 Å². The fourth-order valence-electron chi connectivity index (χ4n) is 1.79. The molecule has 0 aliphatic heterocycles. The SMILES string of the molecule is COc1cc(Cl)c(C)cc1NC(=O)/C=C/c1ccc([N+](=O)[O-])s1. The third-order valence-corrected chi connectivity index (χ3v) is 4.34. The Balaban J connectivity index is 2.11. The number of nitrogens with one attached hydrogen (secondary N) is 1. The third-order valence-electron chi connectivity index (χ3n) is 2.93. The van der Waals surface area contributed by atoms with E-state index in [4.69, 9.17) is 16.3 Å². The van der Waals surface area contributed by atoms with Crippen molar-refractivity contribution in [3.8, 4) is 5.75 Å². The minimum Gasteiger partial charge on any atom is -0.495 e. The van der Waals surface area contributed by atoms with Crippen LogP contribution in [0.4, 0.5) is 10.7 Å². The summed E-state index contributed by atoms with van der Waals surface area (Å²) in [6.07, 6.45) is 2.82. The van der Waals surface area contributed by atoms with Crippen LogP contribution in [0.2, 0.25) is 5.02 Å². The lowest BCUT2D eigenvalue weighted by Crippen LogP contribution is -2.09. The maximum Gasteiger partial charge on any atom is 0.324 e. The van der Waals surface area contributed by atoms with Crippen molar-refractivity contribution in [1.29, 1.82) is 0 Å². The molecule has 1 aromatic heterocycles. The van der Waals surface area contributed by atoms with Crippen LogP contribution in [0.15, 0.2) is 30.3 Å². The van der Waals surface area contributed by atoms with E-state index in [-0.39, 0.29) is 10.9 Å². The third kappa shape index (κ3) is 4.30. The second kappa shape index (κ2) is 7.26. The minimum atomic E-state index is -0.469. The van der Waals surface area contributed by atoms with Crippen molar-refractivity contribution in [2.45, 2.75) is 6.92 Å². The van der Waals surface area contributed by atoms with E-state index in [1.54, 1.807) is 18.2 Å². The van der Waals surface area contributed by atoms with Gasteiger partial charge in [0.05, 0.1) is 17.7 Å². The molecule has 2 aromatic rings. The summed E-state index contributed by atoms with van der Waals surface area (Å²) in [4.78, 5) is 22.7. The molecule has 0 aliphatic carbocycles. The number of aryl methyl sites for hydroxylation is 1. The topological polar surface area (TPSA) is 81.5 Å². The molecule has 0 bridgehead atoms. The van der Waals surface area contributed by atoms with Gasteiger partial charge in [-0.15, -0.1) is 0 Å². The van der Waals surface area contributed by atoms with Crippen LogP contribution >= 0.6 is 22.9 Å². The van der Waals surface area contributed by atoms with Gasteiger partial charge >= 0.3 is 5.00 Å². The number of thiophene rings is 1. The van der Waals surface area contributed by atoms with Gasteiger partial charge in [-0.25, -0.2) is 0 Å². The molecule has 1 heterocycles. The van der Waals surface area contributed by atoms with Crippen molar-refractivity contribution in [2.24, 2.45) is 0 Å². The molecule has 6 nitrogen and oxygen atoms in total. The monoisotopic (exact) mass is 352 g/mol. The Morgan fingerprint density at radius 3 is 2.78 bits per heavy atom. The number of rotatable bonds is 5. The summed E-state index contributed by atoms with van der Waals surface area (Å²) in [5.41, 5.74) is 1.31. The Hall–Kier alpha value is -2.38. The van der Waals surface area contributed by atoms with Gasteiger partial charge in [0.15, 0.2) is 0 Å². The molecule has 0 unspecified atom stereocenters. The van der Waals surface area contributed by atoms with E-state index < -0.39 is 4.92 Å². The van der Waals surface area contributed by atoms with Crippen LogP contribution in [0, 0.1) is 17.0 Å². The number of hydrogen-bond donors (Lipinski definition) is 1. The number of amides is 1. The highest BCUT2D eigenvalue weighted by molar-refractivity contribution is 7.16. The highest BCUT2D eigenvalue weighted by Crippen LogP contribution is 2.31. The largest absolute Gasteiger partial charge is 0.495 e. The number of hydrogen-bond acceptors (Lipinski definition) is 5. The number of halogens is 1. The molecule has 1 aromatic carbocycles. The zero-order valence-corrected chi connectivity index (χ0v) is 13.9. The van der Waals surface area contributed by atoms with E-state index >= 15 is 0 Å². The first kappa shape index (κ1) is 17.0. The summed E-state index contributed by atoms with van der Waals surface area (Å²) < 4.78 is 5.18. The fourth-order valence-corrected chi connectivity index (χ4v) is 2.67. The Bertz CT molecular complexity index is 786. The average Bonchev–Trinajstić information content (AvgIpc) is 2.98.